The first-order valence-electron chi connectivity index (χ1n) is 8.69. The Kier molecular flexibility index (Phi) is 5.99. The fourth-order valence-electron chi connectivity index (χ4n) is 3.30. The largest absolute Gasteiger partial charge is 0.496 e. The van der Waals surface area contributed by atoms with Crippen LogP contribution in [0.3, 0.4) is 0 Å². The highest BCUT2D eigenvalue weighted by Gasteiger charge is 2.23. The molecule has 0 spiro atoms. The van der Waals surface area contributed by atoms with E-state index in [1.165, 1.54) is 17.7 Å². The standard InChI is InChI=1S/C20H22ClFN2O2/c1-26-19-5-3-2-4-15(19)12-14-8-10-24(11-9-14)20(25)23-16-6-7-17(21)18(22)13-16/h2-7,13-14H,8-12H2,1H3,(H,23,25). The summed E-state index contributed by atoms with van der Waals surface area (Å²) in [6, 6.07) is 12.1. The maximum Gasteiger partial charge on any atom is 0.321 e. The van der Waals surface area contributed by atoms with Crippen LogP contribution in [0.5, 0.6) is 5.75 Å². The molecule has 2 aromatic carbocycles. The van der Waals surface area contributed by atoms with Crippen LogP contribution in [0.1, 0.15) is 18.4 Å². The summed E-state index contributed by atoms with van der Waals surface area (Å²) in [5, 5.41) is 2.77. The number of likely N-dealkylation sites (tertiary alicyclic amines) is 1. The molecule has 1 aliphatic rings. The summed E-state index contributed by atoms with van der Waals surface area (Å²) >= 11 is 5.66. The minimum atomic E-state index is -0.542. The van der Waals surface area contributed by atoms with Crippen molar-refractivity contribution in [2.45, 2.75) is 19.3 Å². The van der Waals surface area contributed by atoms with Crippen molar-refractivity contribution in [2.24, 2.45) is 5.92 Å². The number of carbonyl (C=O) groups excluding carboxylic acids is 1. The molecular formula is C20H22ClFN2O2. The topological polar surface area (TPSA) is 41.6 Å². The number of nitrogens with zero attached hydrogens (tertiary/aromatic N) is 1. The Bertz CT molecular complexity index is 776. The van der Waals surface area contributed by atoms with E-state index in [0.29, 0.717) is 24.7 Å². The molecule has 1 fully saturated rings. The highest BCUT2D eigenvalue weighted by atomic mass is 35.5. The third-order valence-corrected chi connectivity index (χ3v) is 5.08. The Morgan fingerprint density at radius 3 is 2.69 bits per heavy atom. The molecule has 0 atom stereocenters. The fraction of sp³-hybridized carbons (Fsp3) is 0.350. The molecule has 26 heavy (non-hydrogen) atoms. The molecule has 3 rings (SSSR count). The second-order valence-electron chi connectivity index (χ2n) is 6.51. The number of rotatable bonds is 4. The SMILES string of the molecule is COc1ccccc1CC1CCN(C(=O)Nc2ccc(Cl)c(F)c2)CC1. The number of piperidine rings is 1. The molecule has 0 aromatic heterocycles. The summed E-state index contributed by atoms with van der Waals surface area (Å²) in [4.78, 5) is 14.1. The van der Waals surface area contributed by atoms with Gasteiger partial charge in [-0.2, -0.15) is 0 Å². The Morgan fingerprint density at radius 2 is 2.00 bits per heavy atom. The monoisotopic (exact) mass is 376 g/mol. The number of nitrogens with one attached hydrogen (secondary N) is 1. The zero-order valence-electron chi connectivity index (χ0n) is 14.7. The molecule has 2 aromatic rings. The van der Waals surface area contributed by atoms with Crippen LogP contribution in [0, 0.1) is 11.7 Å². The number of carbonyl (C=O) groups is 1. The normalized spacial score (nSPS) is 15.0. The van der Waals surface area contributed by atoms with Gasteiger partial charge in [0.15, 0.2) is 0 Å². The molecule has 0 bridgehead atoms. The number of amides is 2. The van der Waals surface area contributed by atoms with Crippen molar-refractivity contribution >= 4 is 23.3 Å². The summed E-state index contributed by atoms with van der Waals surface area (Å²) in [6.45, 7) is 1.36. The fourth-order valence-corrected chi connectivity index (χ4v) is 3.42. The minimum Gasteiger partial charge on any atom is -0.496 e. The van der Waals surface area contributed by atoms with Gasteiger partial charge in [0.1, 0.15) is 11.6 Å². The zero-order chi connectivity index (χ0) is 18.5. The highest BCUT2D eigenvalue weighted by molar-refractivity contribution is 6.30. The van der Waals surface area contributed by atoms with Gasteiger partial charge >= 0.3 is 6.03 Å². The Balaban J connectivity index is 1.53. The number of hydrogen-bond acceptors (Lipinski definition) is 2. The molecule has 0 saturated carbocycles. The molecule has 0 radical (unpaired) electrons. The van der Waals surface area contributed by atoms with Gasteiger partial charge in [-0.15, -0.1) is 0 Å². The van der Waals surface area contributed by atoms with Gasteiger partial charge in [0, 0.05) is 18.8 Å². The van der Waals surface area contributed by atoms with E-state index in [-0.39, 0.29) is 11.1 Å². The average Bonchev–Trinajstić information content (AvgIpc) is 2.66. The number of anilines is 1. The second kappa shape index (κ2) is 8.41. The van der Waals surface area contributed by atoms with E-state index >= 15 is 0 Å². The number of benzene rings is 2. The van der Waals surface area contributed by atoms with Crippen molar-refractivity contribution in [1.29, 1.82) is 0 Å². The predicted octanol–water partition coefficient (Wildman–Crippen LogP) is 4.97. The van der Waals surface area contributed by atoms with Crippen LogP contribution < -0.4 is 10.1 Å². The van der Waals surface area contributed by atoms with Gasteiger partial charge in [0.05, 0.1) is 12.1 Å². The first-order valence-corrected chi connectivity index (χ1v) is 9.07. The van der Waals surface area contributed by atoms with E-state index in [4.69, 9.17) is 16.3 Å². The number of hydrogen-bond donors (Lipinski definition) is 1. The lowest BCUT2D eigenvalue weighted by atomic mass is 9.90. The molecule has 0 aliphatic carbocycles. The summed E-state index contributed by atoms with van der Waals surface area (Å²) < 4.78 is 18.9. The Hall–Kier alpha value is -2.27. The van der Waals surface area contributed by atoms with Crippen molar-refractivity contribution in [3.05, 3.63) is 58.9 Å². The van der Waals surface area contributed by atoms with Gasteiger partial charge < -0.3 is 15.0 Å². The van der Waals surface area contributed by atoms with E-state index in [2.05, 4.69) is 11.4 Å². The van der Waals surface area contributed by atoms with Crippen molar-refractivity contribution in [3.8, 4) is 5.75 Å². The van der Waals surface area contributed by atoms with Crippen LogP contribution in [0.2, 0.25) is 5.02 Å². The Labute approximate surface area is 157 Å². The minimum absolute atomic E-state index is 0.0418. The number of methoxy groups -OCH3 is 1. The lowest BCUT2D eigenvalue weighted by molar-refractivity contribution is 0.182. The van der Waals surface area contributed by atoms with Gasteiger partial charge in [-0.1, -0.05) is 29.8 Å². The van der Waals surface area contributed by atoms with Gasteiger partial charge in [-0.3, -0.25) is 0 Å². The molecule has 1 heterocycles. The van der Waals surface area contributed by atoms with Crippen LogP contribution in [-0.4, -0.2) is 31.1 Å². The summed E-state index contributed by atoms with van der Waals surface area (Å²) in [5.41, 5.74) is 1.61. The van der Waals surface area contributed by atoms with Crippen LogP contribution in [0.15, 0.2) is 42.5 Å². The number of para-hydroxylation sites is 1. The highest BCUT2D eigenvalue weighted by Crippen LogP contribution is 2.27. The van der Waals surface area contributed by atoms with Crippen LogP contribution in [0.25, 0.3) is 0 Å². The first kappa shape index (κ1) is 18.5. The predicted molar refractivity (Wildman–Crippen MR) is 101 cm³/mol. The molecule has 1 N–H and O–H groups in total. The summed E-state index contributed by atoms with van der Waals surface area (Å²) in [6.07, 6.45) is 2.81. The maximum absolute atomic E-state index is 13.5. The molecule has 138 valence electrons. The van der Waals surface area contributed by atoms with E-state index in [9.17, 15) is 9.18 Å². The van der Waals surface area contributed by atoms with E-state index in [0.717, 1.165) is 25.0 Å². The quantitative estimate of drug-likeness (QED) is 0.818. The molecule has 4 nitrogen and oxygen atoms in total. The maximum atomic E-state index is 13.5. The van der Waals surface area contributed by atoms with Crippen molar-refractivity contribution < 1.29 is 13.9 Å². The van der Waals surface area contributed by atoms with Crippen molar-refractivity contribution in [1.82, 2.24) is 4.90 Å². The van der Waals surface area contributed by atoms with Gasteiger partial charge in [0.2, 0.25) is 0 Å². The third-order valence-electron chi connectivity index (χ3n) is 4.77. The van der Waals surface area contributed by atoms with Gasteiger partial charge in [-0.25, -0.2) is 9.18 Å². The smallest absolute Gasteiger partial charge is 0.321 e. The van der Waals surface area contributed by atoms with Gasteiger partial charge in [-0.05, 0) is 55.0 Å². The van der Waals surface area contributed by atoms with Crippen LogP contribution >= 0.6 is 11.6 Å². The molecule has 0 unspecified atom stereocenters. The number of halogens is 2. The van der Waals surface area contributed by atoms with E-state index in [1.54, 1.807) is 18.1 Å². The number of ether oxygens (including phenoxy) is 1. The second-order valence-corrected chi connectivity index (χ2v) is 6.91. The van der Waals surface area contributed by atoms with E-state index in [1.807, 2.05) is 18.2 Å². The van der Waals surface area contributed by atoms with Crippen LogP contribution in [0.4, 0.5) is 14.9 Å². The van der Waals surface area contributed by atoms with Crippen LogP contribution in [-0.2, 0) is 6.42 Å². The van der Waals surface area contributed by atoms with Crippen molar-refractivity contribution in [3.63, 3.8) is 0 Å². The lowest BCUT2D eigenvalue weighted by Crippen LogP contribution is -2.41. The lowest BCUT2D eigenvalue weighted by Gasteiger charge is -2.32. The first-order chi connectivity index (χ1) is 12.6. The molecule has 6 heteroatoms. The average molecular weight is 377 g/mol. The molecule has 1 aliphatic heterocycles. The Morgan fingerprint density at radius 1 is 1.27 bits per heavy atom. The van der Waals surface area contributed by atoms with E-state index < -0.39 is 5.82 Å². The molecule has 1 saturated heterocycles. The van der Waals surface area contributed by atoms with Crippen molar-refractivity contribution in [2.75, 3.05) is 25.5 Å². The summed E-state index contributed by atoms with van der Waals surface area (Å²) in [7, 11) is 1.69. The summed E-state index contributed by atoms with van der Waals surface area (Å²) in [5.74, 6) is 0.890. The zero-order valence-corrected chi connectivity index (χ0v) is 15.4. The van der Waals surface area contributed by atoms with Gasteiger partial charge in [0.25, 0.3) is 0 Å². The molecule has 2 amide bonds. The molecular weight excluding hydrogens is 355 g/mol. The third kappa shape index (κ3) is 4.47. The number of urea groups is 1.